The van der Waals surface area contributed by atoms with E-state index in [4.69, 9.17) is 16.7 Å². The summed E-state index contributed by atoms with van der Waals surface area (Å²) in [5.74, 6) is 0.233. The number of likely N-dealkylation sites (tertiary alicyclic amines) is 1. The summed E-state index contributed by atoms with van der Waals surface area (Å²) in [6.45, 7) is 3.24. The molecule has 0 aromatic heterocycles. The lowest BCUT2D eigenvalue weighted by Crippen LogP contribution is -2.34. The predicted octanol–water partition coefficient (Wildman–Crippen LogP) is 0.455. The molecule has 0 aromatic rings. The molecular formula is C8H14ClNO2. The molecule has 70 valence electrons. The lowest BCUT2D eigenvalue weighted by atomic mass is 10.1. The average Bonchev–Trinajstić information content (AvgIpc) is 2.50. The second kappa shape index (κ2) is 4.10. The molecule has 0 aromatic carbocycles. The minimum absolute atomic E-state index is 0.0207. The topological polar surface area (TPSA) is 40.5 Å². The van der Waals surface area contributed by atoms with Crippen LogP contribution in [-0.2, 0) is 4.79 Å². The first-order chi connectivity index (χ1) is 5.65. The average molecular weight is 192 g/mol. The summed E-state index contributed by atoms with van der Waals surface area (Å²) in [5, 5.41) is 8.39. The van der Waals surface area contributed by atoms with Crippen LogP contribution < -0.4 is 0 Å². The Morgan fingerprint density at radius 2 is 2.50 bits per heavy atom. The highest BCUT2D eigenvalue weighted by atomic mass is 35.5. The Balaban J connectivity index is 2.41. The van der Waals surface area contributed by atoms with Gasteiger partial charge in [-0.2, -0.15) is 0 Å². The molecule has 1 heterocycles. The summed E-state index contributed by atoms with van der Waals surface area (Å²) in [4.78, 5) is 13.0. The van der Waals surface area contributed by atoms with Crippen LogP contribution in [0.4, 0.5) is 0 Å². The first-order valence-corrected chi connectivity index (χ1v) is 4.62. The number of hydrogen-bond donors (Lipinski definition) is 1. The molecule has 1 aliphatic rings. The summed E-state index contributed by atoms with van der Waals surface area (Å²) in [7, 11) is 0. The molecule has 0 aliphatic carbocycles. The van der Waals surface area contributed by atoms with E-state index in [2.05, 4.69) is 0 Å². The van der Waals surface area contributed by atoms with Gasteiger partial charge in [0.25, 0.3) is 0 Å². The fourth-order valence-electron chi connectivity index (χ4n) is 1.43. The first-order valence-electron chi connectivity index (χ1n) is 4.19. The number of nitrogens with zero attached hydrogens (tertiary/aromatic N) is 1. The third-order valence-corrected chi connectivity index (χ3v) is 2.38. The molecule has 1 N–H and O–H groups in total. The Hall–Kier alpha value is -0.280. The number of hydrogen-bond acceptors (Lipinski definition) is 2. The number of aliphatic hydroxyl groups excluding tert-OH is 1. The van der Waals surface area contributed by atoms with Gasteiger partial charge in [0, 0.05) is 25.6 Å². The van der Waals surface area contributed by atoms with Crippen molar-refractivity contribution in [1.29, 1.82) is 0 Å². The molecule has 1 rings (SSSR count). The minimum atomic E-state index is -0.442. The normalized spacial score (nSPS) is 25.9. The van der Waals surface area contributed by atoms with Gasteiger partial charge >= 0.3 is 0 Å². The zero-order chi connectivity index (χ0) is 9.14. The van der Waals surface area contributed by atoms with Crippen LogP contribution in [0.15, 0.2) is 0 Å². The molecule has 3 nitrogen and oxygen atoms in total. The zero-order valence-electron chi connectivity index (χ0n) is 7.16. The molecule has 2 atom stereocenters. The van der Waals surface area contributed by atoms with Gasteiger partial charge < -0.3 is 10.0 Å². The van der Waals surface area contributed by atoms with Crippen LogP contribution in [0.5, 0.6) is 0 Å². The molecule has 0 radical (unpaired) electrons. The van der Waals surface area contributed by atoms with Crippen LogP contribution in [0.2, 0.25) is 0 Å². The Labute approximate surface area is 77.3 Å². The first kappa shape index (κ1) is 9.81. The van der Waals surface area contributed by atoms with Gasteiger partial charge in [0.1, 0.15) is 5.38 Å². The van der Waals surface area contributed by atoms with Gasteiger partial charge in [-0.1, -0.05) is 0 Å². The fourth-order valence-corrected chi connectivity index (χ4v) is 1.57. The van der Waals surface area contributed by atoms with E-state index in [9.17, 15) is 4.79 Å². The number of aliphatic hydroxyl groups is 1. The third-order valence-electron chi connectivity index (χ3n) is 2.20. The molecule has 1 amide bonds. The maximum atomic E-state index is 11.3. The van der Waals surface area contributed by atoms with E-state index in [0.29, 0.717) is 6.54 Å². The Morgan fingerprint density at radius 1 is 1.83 bits per heavy atom. The second-order valence-corrected chi connectivity index (χ2v) is 3.89. The van der Waals surface area contributed by atoms with Crippen molar-refractivity contribution in [2.45, 2.75) is 18.7 Å². The maximum Gasteiger partial charge on any atom is 0.240 e. The monoisotopic (exact) mass is 191 g/mol. The summed E-state index contributed by atoms with van der Waals surface area (Å²) in [6, 6.07) is 0. The van der Waals surface area contributed by atoms with Crippen LogP contribution in [-0.4, -0.2) is 41.0 Å². The SMILES string of the molecule is C[C@@H](Cl)C(=O)N1CC[C@H](CO)C1. The van der Waals surface area contributed by atoms with Gasteiger partial charge in [0.2, 0.25) is 5.91 Å². The summed E-state index contributed by atoms with van der Waals surface area (Å²) >= 11 is 5.65. The second-order valence-electron chi connectivity index (χ2n) is 3.24. The van der Waals surface area contributed by atoms with Gasteiger partial charge in [-0.15, -0.1) is 11.6 Å². The van der Waals surface area contributed by atoms with Crippen molar-refractivity contribution in [2.24, 2.45) is 5.92 Å². The molecule has 12 heavy (non-hydrogen) atoms. The smallest absolute Gasteiger partial charge is 0.240 e. The maximum absolute atomic E-state index is 11.3. The third kappa shape index (κ3) is 2.11. The number of carbonyl (C=O) groups excluding carboxylic acids is 1. The molecule has 1 aliphatic heterocycles. The van der Waals surface area contributed by atoms with Gasteiger partial charge in [-0.25, -0.2) is 0 Å². The van der Waals surface area contributed by atoms with Crippen molar-refractivity contribution in [3.63, 3.8) is 0 Å². The van der Waals surface area contributed by atoms with E-state index in [1.165, 1.54) is 0 Å². The molecule has 1 saturated heterocycles. The molecule has 1 fully saturated rings. The van der Waals surface area contributed by atoms with E-state index in [1.807, 2.05) is 0 Å². The highest BCUT2D eigenvalue weighted by Crippen LogP contribution is 2.17. The predicted molar refractivity (Wildman–Crippen MR) is 47.1 cm³/mol. The lowest BCUT2D eigenvalue weighted by Gasteiger charge is -2.17. The van der Waals surface area contributed by atoms with E-state index >= 15 is 0 Å². The van der Waals surface area contributed by atoms with Crippen molar-refractivity contribution in [1.82, 2.24) is 4.90 Å². The van der Waals surface area contributed by atoms with E-state index < -0.39 is 5.38 Å². The number of amides is 1. The van der Waals surface area contributed by atoms with Crippen molar-refractivity contribution >= 4 is 17.5 Å². The molecule has 0 spiro atoms. The minimum Gasteiger partial charge on any atom is -0.396 e. The van der Waals surface area contributed by atoms with Crippen molar-refractivity contribution < 1.29 is 9.90 Å². The molecule has 0 bridgehead atoms. The number of rotatable bonds is 2. The van der Waals surface area contributed by atoms with Crippen LogP contribution in [0, 0.1) is 5.92 Å². The van der Waals surface area contributed by atoms with Gasteiger partial charge in [0.05, 0.1) is 0 Å². The van der Waals surface area contributed by atoms with Gasteiger partial charge in [0.15, 0.2) is 0 Å². The van der Waals surface area contributed by atoms with Crippen molar-refractivity contribution in [2.75, 3.05) is 19.7 Å². The summed E-state index contributed by atoms with van der Waals surface area (Å²) in [5.41, 5.74) is 0. The Bertz CT molecular complexity index is 172. The fraction of sp³-hybridized carbons (Fsp3) is 0.875. The number of alkyl halides is 1. The highest BCUT2D eigenvalue weighted by molar-refractivity contribution is 6.30. The largest absolute Gasteiger partial charge is 0.396 e. The van der Waals surface area contributed by atoms with Crippen molar-refractivity contribution in [3.8, 4) is 0 Å². The van der Waals surface area contributed by atoms with Gasteiger partial charge in [-0.05, 0) is 13.3 Å². The quantitative estimate of drug-likeness (QED) is 0.645. The van der Waals surface area contributed by atoms with E-state index in [-0.39, 0.29) is 18.4 Å². The van der Waals surface area contributed by atoms with Crippen LogP contribution >= 0.6 is 11.6 Å². The van der Waals surface area contributed by atoms with Gasteiger partial charge in [-0.3, -0.25) is 4.79 Å². The Morgan fingerprint density at radius 3 is 2.92 bits per heavy atom. The van der Waals surface area contributed by atoms with E-state index in [1.54, 1.807) is 11.8 Å². The highest BCUT2D eigenvalue weighted by Gasteiger charge is 2.27. The van der Waals surface area contributed by atoms with Crippen LogP contribution in [0.3, 0.4) is 0 Å². The van der Waals surface area contributed by atoms with Crippen LogP contribution in [0.25, 0.3) is 0 Å². The number of halogens is 1. The van der Waals surface area contributed by atoms with Crippen molar-refractivity contribution in [3.05, 3.63) is 0 Å². The molecule has 0 unspecified atom stereocenters. The molecular weight excluding hydrogens is 178 g/mol. The molecule has 4 heteroatoms. The zero-order valence-corrected chi connectivity index (χ0v) is 7.92. The lowest BCUT2D eigenvalue weighted by molar-refractivity contribution is -0.129. The number of carbonyl (C=O) groups is 1. The van der Waals surface area contributed by atoms with E-state index in [0.717, 1.165) is 13.0 Å². The molecule has 0 saturated carbocycles. The Kier molecular flexibility index (Phi) is 3.35. The summed E-state index contributed by atoms with van der Waals surface area (Å²) < 4.78 is 0. The summed E-state index contributed by atoms with van der Waals surface area (Å²) in [6.07, 6.45) is 0.895. The standard InChI is InChI=1S/C8H14ClNO2/c1-6(9)8(12)10-3-2-7(4-10)5-11/h6-7,11H,2-5H2,1H3/t6-,7+/m1/s1. The van der Waals surface area contributed by atoms with Crippen LogP contribution in [0.1, 0.15) is 13.3 Å².